The molecule has 0 aliphatic carbocycles. The number of rotatable bonds is 9. The minimum atomic E-state index is -3.19. The van der Waals surface area contributed by atoms with Crippen LogP contribution in [0.5, 0.6) is 11.5 Å². The Hall–Kier alpha value is -2.78. The number of piperidine rings is 1. The van der Waals surface area contributed by atoms with E-state index in [2.05, 4.69) is 4.90 Å². The number of hydrogen-bond donors (Lipinski definition) is 1. The zero-order valence-corrected chi connectivity index (χ0v) is 20.4. The van der Waals surface area contributed by atoms with Crippen LogP contribution in [-0.4, -0.2) is 81.5 Å². The van der Waals surface area contributed by atoms with Crippen molar-refractivity contribution in [1.29, 1.82) is 0 Å². The smallest absolute Gasteiger partial charge is 0.324 e. The fourth-order valence-electron chi connectivity index (χ4n) is 4.55. The lowest BCUT2D eigenvalue weighted by Gasteiger charge is -2.33. The molecule has 0 spiro atoms. The van der Waals surface area contributed by atoms with Gasteiger partial charge in [0.2, 0.25) is 0 Å². The molecule has 0 saturated carbocycles. The van der Waals surface area contributed by atoms with E-state index in [9.17, 15) is 18.3 Å². The lowest BCUT2D eigenvalue weighted by molar-refractivity contribution is 0.151. The van der Waals surface area contributed by atoms with Gasteiger partial charge in [0.05, 0.1) is 11.5 Å². The summed E-state index contributed by atoms with van der Waals surface area (Å²) in [5.41, 5.74) is 0.819. The van der Waals surface area contributed by atoms with Gasteiger partial charge in [0.15, 0.2) is 9.84 Å². The number of phenolic OH excluding ortho intramolecular Hbond substituents is 1. The van der Waals surface area contributed by atoms with E-state index in [1.807, 2.05) is 4.90 Å². The zero-order chi connectivity index (χ0) is 24.1. The largest absolute Gasteiger partial charge is 0.508 e. The van der Waals surface area contributed by atoms with Gasteiger partial charge in [-0.2, -0.15) is 0 Å². The first kappa shape index (κ1) is 24.3. The van der Waals surface area contributed by atoms with Crippen molar-refractivity contribution in [1.82, 2.24) is 9.80 Å². The number of urea groups is 1. The Morgan fingerprint density at radius 3 is 2.26 bits per heavy atom. The summed E-state index contributed by atoms with van der Waals surface area (Å²) in [4.78, 5) is 19.1. The van der Waals surface area contributed by atoms with E-state index in [1.54, 1.807) is 53.4 Å². The molecule has 0 radical (unpaired) electrons. The highest BCUT2D eigenvalue weighted by Crippen LogP contribution is 2.24. The van der Waals surface area contributed by atoms with Crippen molar-refractivity contribution in [2.75, 3.05) is 57.0 Å². The third-order valence-corrected chi connectivity index (χ3v) is 7.82. The van der Waals surface area contributed by atoms with Gasteiger partial charge in [0.1, 0.15) is 11.5 Å². The van der Waals surface area contributed by atoms with Crippen molar-refractivity contribution in [3.8, 4) is 11.5 Å². The lowest BCUT2D eigenvalue weighted by atomic mass is 9.94. The Labute approximate surface area is 201 Å². The van der Waals surface area contributed by atoms with Crippen LogP contribution in [0.2, 0.25) is 0 Å². The molecule has 2 saturated heterocycles. The molecule has 184 valence electrons. The number of ether oxygens (including phenoxy) is 1. The first-order valence-corrected chi connectivity index (χ1v) is 13.7. The molecule has 2 aliphatic rings. The third-order valence-electron chi connectivity index (χ3n) is 6.70. The van der Waals surface area contributed by atoms with Gasteiger partial charge in [-0.3, -0.25) is 4.90 Å². The number of sulfone groups is 1. The van der Waals surface area contributed by atoms with Crippen LogP contribution in [-0.2, 0) is 9.84 Å². The molecular formula is C25H33N3O5S. The number of nitrogens with zero attached hydrogens (tertiary/aromatic N) is 3. The van der Waals surface area contributed by atoms with E-state index in [1.165, 1.54) is 6.26 Å². The molecule has 2 aliphatic heterocycles. The van der Waals surface area contributed by atoms with E-state index >= 15 is 0 Å². The number of carbonyl (C=O) groups excluding carboxylic acids is 1. The molecule has 2 aromatic rings. The van der Waals surface area contributed by atoms with Crippen LogP contribution >= 0.6 is 0 Å². The van der Waals surface area contributed by atoms with Gasteiger partial charge in [0.25, 0.3) is 0 Å². The Balaban J connectivity index is 1.14. The maximum atomic E-state index is 12.7. The molecule has 2 amide bonds. The minimum Gasteiger partial charge on any atom is -0.508 e. The van der Waals surface area contributed by atoms with E-state index in [0.717, 1.165) is 57.7 Å². The van der Waals surface area contributed by atoms with Crippen LogP contribution < -0.4 is 9.64 Å². The lowest BCUT2D eigenvalue weighted by Crippen LogP contribution is -2.41. The molecule has 0 bridgehead atoms. The molecule has 2 fully saturated rings. The Kier molecular flexibility index (Phi) is 7.63. The Bertz CT molecular complexity index is 1060. The van der Waals surface area contributed by atoms with Crippen molar-refractivity contribution in [3.05, 3.63) is 48.5 Å². The molecule has 0 atom stereocenters. The molecule has 2 heterocycles. The van der Waals surface area contributed by atoms with Gasteiger partial charge in [-0.25, -0.2) is 13.2 Å². The number of anilines is 1. The molecule has 1 N–H and O–H groups in total. The second kappa shape index (κ2) is 10.7. The van der Waals surface area contributed by atoms with Crippen LogP contribution in [0, 0.1) is 5.92 Å². The summed E-state index contributed by atoms with van der Waals surface area (Å²) in [6.45, 7) is 5.67. The number of amides is 2. The van der Waals surface area contributed by atoms with E-state index in [0.29, 0.717) is 29.7 Å². The fraction of sp³-hybridized carbons (Fsp3) is 0.480. The van der Waals surface area contributed by atoms with Gasteiger partial charge in [-0.05, 0) is 86.8 Å². The van der Waals surface area contributed by atoms with Crippen molar-refractivity contribution >= 4 is 21.6 Å². The van der Waals surface area contributed by atoms with Crippen molar-refractivity contribution in [2.24, 2.45) is 5.92 Å². The monoisotopic (exact) mass is 487 g/mol. The normalized spacial score (nSPS) is 18.0. The molecule has 8 nitrogen and oxygen atoms in total. The van der Waals surface area contributed by atoms with Gasteiger partial charge in [-0.1, -0.05) is 0 Å². The quantitative estimate of drug-likeness (QED) is 0.584. The second-order valence-corrected chi connectivity index (χ2v) is 11.1. The average Bonchev–Trinajstić information content (AvgIpc) is 3.19. The summed E-state index contributed by atoms with van der Waals surface area (Å²) in [7, 11) is -3.19. The molecule has 0 unspecified atom stereocenters. The second-order valence-electron chi connectivity index (χ2n) is 9.10. The topological polar surface area (TPSA) is 90.4 Å². The third kappa shape index (κ3) is 6.21. The van der Waals surface area contributed by atoms with Crippen molar-refractivity contribution < 1.29 is 23.1 Å². The van der Waals surface area contributed by atoms with Gasteiger partial charge in [0, 0.05) is 38.1 Å². The maximum absolute atomic E-state index is 12.7. The summed E-state index contributed by atoms with van der Waals surface area (Å²) in [6, 6.07) is 13.4. The standard InChI is InChI=1S/C25H33N3O5S/c1-34(31,32)24-8-6-23(7-9-24)33-19-12-20-10-13-26(14-11-20)15-16-27-17-18-28(25(27)30)21-2-4-22(29)5-3-21/h2-9,20,29H,10-19H2,1H3. The van der Waals surface area contributed by atoms with Crippen LogP contribution in [0.15, 0.2) is 53.4 Å². The van der Waals surface area contributed by atoms with E-state index < -0.39 is 9.84 Å². The highest BCUT2D eigenvalue weighted by Gasteiger charge is 2.30. The first-order chi connectivity index (χ1) is 16.3. The number of hydrogen-bond acceptors (Lipinski definition) is 6. The average molecular weight is 488 g/mol. The number of likely N-dealkylation sites (tertiary alicyclic amines) is 1. The van der Waals surface area contributed by atoms with Crippen molar-refractivity contribution in [2.45, 2.75) is 24.2 Å². The number of benzene rings is 2. The molecule has 4 rings (SSSR count). The highest BCUT2D eigenvalue weighted by atomic mass is 32.2. The minimum absolute atomic E-state index is 0.0299. The van der Waals surface area contributed by atoms with Crippen molar-refractivity contribution in [3.63, 3.8) is 0 Å². The number of carbonyl (C=O) groups is 1. The zero-order valence-electron chi connectivity index (χ0n) is 19.6. The fourth-order valence-corrected chi connectivity index (χ4v) is 5.18. The van der Waals surface area contributed by atoms with Crippen LogP contribution in [0.3, 0.4) is 0 Å². The Morgan fingerprint density at radius 2 is 1.62 bits per heavy atom. The molecule has 0 aromatic heterocycles. The Morgan fingerprint density at radius 1 is 0.941 bits per heavy atom. The van der Waals surface area contributed by atoms with Crippen LogP contribution in [0.1, 0.15) is 19.3 Å². The van der Waals surface area contributed by atoms with E-state index in [4.69, 9.17) is 4.74 Å². The molecule has 2 aromatic carbocycles. The first-order valence-electron chi connectivity index (χ1n) is 11.8. The molecule has 34 heavy (non-hydrogen) atoms. The predicted molar refractivity (Wildman–Crippen MR) is 131 cm³/mol. The number of phenols is 1. The number of aromatic hydroxyl groups is 1. The molecular weight excluding hydrogens is 454 g/mol. The summed E-state index contributed by atoms with van der Waals surface area (Å²) in [6.07, 6.45) is 4.41. The van der Waals surface area contributed by atoms with Crippen LogP contribution in [0.25, 0.3) is 0 Å². The van der Waals surface area contributed by atoms with E-state index in [-0.39, 0.29) is 11.8 Å². The summed E-state index contributed by atoms with van der Waals surface area (Å²) in [5, 5.41) is 9.45. The summed E-state index contributed by atoms with van der Waals surface area (Å²) >= 11 is 0. The molecule has 9 heteroatoms. The van der Waals surface area contributed by atoms with Gasteiger partial charge < -0.3 is 19.6 Å². The SMILES string of the molecule is CS(=O)(=O)c1ccc(OCCC2CCN(CCN3CCN(c4ccc(O)cc4)C3=O)CC2)cc1. The summed E-state index contributed by atoms with van der Waals surface area (Å²) in [5.74, 6) is 1.51. The van der Waals surface area contributed by atoms with Crippen LogP contribution in [0.4, 0.5) is 10.5 Å². The van der Waals surface area contributed by atoms with Gasteiger partial charge >= 0.3 is 6.03 Å². The maximum Gasteiger partial charge on any atom is 0.324 e. The highest BCUT2D eigenvalue weighted by molar-refractivity contribution is 7.90. The summed E-state index contributed by atoms with van der Waals surface area (Å²) < 4.78 is 28.9. The van der Waals surface area contributed by atoms with Gasteiger partial charge in [-0.15, -0.1) is 0 Å². The predicted octanol–water partition coefficient (Wildman–Crippen LogP) is 3.22.